The molecule has 8 heteroatoms. The SMILES string of the molecule is Cc1ncc(S(=O)(=O)Nc2ccc(OC(C)C)c(Cl)c2)[nH]1. The highest BCUT2D eigenvalue weighted by molar-refractivity contribution is 7.92. The van der Waals surface area contributed by atoms with Gasteiger partial charge in [-0.05, 0) is 39.0 Å². The van der Waals surface area contributed by atoms with Crippen molar-refractivity contribution < 1.29 is 13.2 Å². The van der Waals surface area contributed by atoms with Gasteiger partial charge in [0.1, 0.15) is 11.6 Å². The number of benzene rings is 1. The number of ether oxygens (including phenoxy) is 1. The third kappa shape index (κ3) is 3.89. The lowest BCUT2D eigenvalue weighted by Crippen LogP contribution is -2.13. The molecule has 0 amide bonds. The van der Waals surface area contributed by atoms with E-state index in [2.05, 4.69) is 14.7 Å². The van der Waals surface area contributed by atoms with E-state index < -0.39 is 10.0 Å². The molecule has 0 saturated carbocycles. The predicted molar refractivity (Wildman–Crippen MR) is 81.3 cm³/mol. The van der Waals surface area contributed by atoms with E-state index in [0.717, 1.165) is 0 Å². The highest BCUT2D eigenvalue weighted by atomic mass is 35.5. The summed E-state index contributed by atoms with van der Waals surface area (Å²) in [5.74, 6) is 1.03. The normalized spacial score (nSPS) is 11.7. The number of aromatic amines is 1. The molecule has 114 valence electrons. The highest BCUT2D eigenvalue weighted by Crippen LogP contribution is 2.29. The Morgan fingerprint density at radius 3 is 2.62 bits per heavy atom. The number of nitrogens with zero attached hydrogens (tertiary/aromatic N) is 1. The summed E-state index contributed by atoms with van der Waals surface area (Å²) in [5, 5.41) is 0.336. The number of nitrogens with one attached hydrogen (secondary N) is 2. The number of imidazole rings is 1. The van der Waals surface area contributed by atoms with Crippen LogP contribution in [0.1, 0.15) is 19.7 Å². The minimum Gasteiger partial charge on any atom is -0.489 e. The predicted octanol–water partition coefficient (Wildman–Crippen LogP) is 2.96. The Balaban J connectivity index is 2.22. The van der Waals surface area contributed by atoms with Crippen LogP contribution in [0.15, 0.2) is 29.4 Å². The van der Waals surface area contributed by atoms with Crippen LogP contribution < -0.4 is 9.46 Å². The van der Waals surface area contributed by atoms with Crippen molar-refractivity contribution in [2.45, 2.75) is 31.9 Å². The molecule has 0 aliphatic heterocycles. The van der Waals surface area contributed by atoms with Crippen molar-refractivity contribution in [1.29, 1.82) is 0 Å². The van der Waals surface area contributed by atoms with Gasteiger partial charge in [0.15, 0.2) is 5.03 Å². The number of hydrogen-bond donors (Lipinski definition) is 2. The Morgan fingerprint density at radius 2 is 2.10 bits per heavy atom. The molecule has 1 aromatic heterocycles. The van der Waals surface area contributed by atoms with Crippen molar-refractivity contribution in [2.24, 2.45) is 0 Å². The number of rotatable bonds is 5. The zero-order valence-corrected chi connectivity index (χ0v) is 13.4. The van der Waals surface area contributed by atoms with E-state index in [0.29, 0.717) is 22.3 Å². The number of aryl methyl sites for hydroxylation is 1. The standard InChI is InChI=1S/C13H16ClN3O3S/c1-8(2)20-12-5-4-10(6-11(12)14)17-21(18,19)13-7-15-9(3)16-13/h4-8,17H,1-3H3,(H,15,16). The van der Waals surface area contributed by atoms with E-state index in [4.69, 9.17) is 16.3 Å². The van der Waals surface area contributed by atoms with Crippen LogP contribution in [-0.2, 0) is 10.0 Å². The highest BCUT2D eigenvalue weighted by Gasteiger charge is 2.17. The summed E-state index contributed by atoms with van der Waals surface area (Å²) < 4.78 is 32.2. The van der Waals surface area contributed by atoms with Crippen LogP contribution in [0.4, 0.5) is 5.69 Å². The summed E-state index contributed by atoms with van der Waals surface area (Å²) in [6.45, 7) is 5.44. The van der Waals surface area contributed by atoms with Gasteiger partial charge < -0.3 is 9.72 Å². The monoisotopic (exact) mass is 329 g/mol. The van der Waals surface area contributed by atoms with E-state index in [1.165, 1.54) is 12.3 Å². The molecule has 0 atom stereocenters. The van der Waals surface area contributed by atoms with Gasteiger partial charge in [-0.2, -0.15) is 8.42 Å². The van der Waals surface area contributed by atoms with Crippen LogP contribution in [0.2, 0.25) is 5.02 Å². The molecular formula is C13H16ClN3O3S. The number of aromatic nitrogens is 2. The molecule has 0 unspecified atom stereocenters. The molecule has 2 rings (SSSR count). The maximum absolute atomic E-state index is 12.1. The van der Waals surface area contributed by atoms with E-state index in [-0.39, 0.29) is 11.1 Å². The summed E-state index contributed by atoms with van der Waals surface area (Å²) >= 11 is 6.07. The Kier molecular flexibility index (Phi) is 4.43. The molecule has 0 spiro atoms. The maximum atomic E-state index is 12.1. The van der Waals surface area contributed by atoms with Gasteiger partial charge in [-0.25, -0.2) is 4.98 Å². The van der Waals surface area contributed by atoms with Crippen molar-refractivity contribution in [3.05, 3.63) is 35.2 Å². The number of hydrogen-bond acceptors (Lipinski definition) is 4. The van der Waals surface area contributed by atoms with Crippen LogP contribution in [0.25, 0.3) is 0 Å². The maximum Gasteiger partial charge on any atom is 0.278 e. The molecule has 21 heavy (non-hydrogen) atoms. The Hall–Kier alpha value is -1.73. The van der Waals surface area contributed by atoms with Crippen molar-refractivity contribution >= 4 is 27.3 Å². The summed E-state index contributed by atoms with van der Waals surface area (Å²) in [4.78, 5) is 6.54. The molecule has 6 nitrogen and oxygen atoms in total. The molecule has 0 fully saturated rings. The van der Waals surface area contributed by atoms with Gasteiger partial charge in [0.05, 0.1) is 23.0 Å². The molecule has 2 aromatic rings. The van der Waals surface area contributed by atoms with Crippen LogP contribution >= 0.6 is 11.6 Å². The zero-order chi connectivity index (χ0) is 15.6. The van der Waals surface area contributed by atoms with E-state index in [9.17, 15) is 8.42 Å². The minimum atomic E-state index is -3.71. The van der Waals surface area contributed by atoms with Gasteiger partial charge in [-0.15, -0.1) is 0 Å². The molecule has 0 aliphatic rings. The average Bonchev–Trinajstić information content (AvgIpc) is 2.79. The van der Waals surface area contributed by atoms with Crippen molar-refractivity contribution in [1.82, 2.24) is 9.97 Å². The van der Waals surface area contributed by atoms with E-state index >= 15 is 0 Å². The molecule has 0 saturated heterocycles. The smallest absolute Gasteiger partial charge is 0.278 e. The third-order valence-electron chi connectivity index (χ3n) is 2.52. The third-order valence-corrected chi connectivity index (χ3v) is 4.10. The van der Waals surface area contributed by atoms with Crippen molar-refractivity contribution in [2.75, 3.05) is 4.72 Å². The second-order valence-electron chi connectivity index (χ2n) is 4.75. The number of H-pyrrole nitrogens is 1. The lowest BCUT2D eigenvalue weighted by Gasteiger charge is -2.13. The Bertz CT molecular complexity index is 741. The molecule has 1 aromatic carbocycles. The molecule has 0 aliphatic carbocycles. The fourth-order valence-electron chi connectivity index (χ4n) is 1.66. The van der Waals surface area contributed by atoms with Gasteiger partial charge >= 0.3 is 0 Å². The van der Waals surface area contributed by atoms with Crippen LogP contribution in [0.3, 0.4) is 0 Å². The Morgan fingerprint density at radius 1 is 1.38 bits per heavy atom. The lowest BCUT2D eigenvalue weighted by molar-refractivity contribution is 0.242. The zero-order valence-electron chi connectivity index (χ0n) is 11.8. The molecule has 0 bridgehead atoms. The van der Waals surface area contributed by atoms with Crippen LogP contribution in [-0.4, -0.2) is 24.5 Å². The first kappa shape index (κ1) is 15.7. The topological polar surface area (TPSA) is 84.1 Å². The lowest BCUT2D eigenvalue weighted by atomic mass is 10.3. The van der Waals surface area contributed by atoms with Gasteiger partial charge in [0, 0.05) is 0 Å². The number of sulfonamides is 1. The summed E-state index contributed by atoms with van der Waals surface area (Å²) in [6, 6.07) is 4.71. The average molecular weight is 330 g/mol. The van der Waals surface area contributed by atoms with Gasteiger partial charge in [0.2, 0.25) is 0 Å². The first-order valence-corrected chi connectivity index (χ1v) is 8.14. The van der Waals surface area contributed by atoms with Gasteiger partial charge in [-0.1, -0.05) is 11.6 Å². The molecule has 0 radical (unpaired) electrons. The van der Waals surface area contributed by atoms with E-state index in [1.54, 1.807) is 19.1 Å². The first-order valence-electron chi connectivity index (χ1n) is 6.28. The fourth-order valence-corrected chi connectivity index (χ4v) is 2.90. The largest absolute Gasteiger partial charge is 0.489 e. The van der Waals surface area contributed by atoms with Crippen LogP contribution in [0, 0.1) is 6.92 Å². The molecule has 2 N–H and O–H groups in total. The summed E-state index contributed by atoms with van der Waals surface area (Å²) in [5.41, 5.74) is 0.350. The van der Waals surface area contributed by atoms with Gasteiger partial charge in [0.25, 0.3) is 10.0 Å². The number of anilines is 1. The summed E-state index contributed by atoms with van der Waals surface area (Å²) in [7, 11) is -3.71. The number of halogens is 1. The minimum absolute atomic E-state index is 0.00127. The Labute approximate surface area is 128 Å². The van der Waals surface area contributed by atoms with Crippen molar-refractivity contribution in [3.8, 4) is 5.75 Å². The fraction of sp³-hybridized carbons (Fsp3) is 0.308. The summed E-state index contributed by atoms with van der Waals surface area (Å²) in [6.07, 6.45) is 1.24. The van der Waals surface area contributed by atoms with Crippen LogP contribution in [0.5, 0.6) is 5.75 Å². The van der Waals surface area contributed by atoms with Crippen molar-refractivity contribution in [3.63, 3.8) is 0 Å². The first-order chi connectivity index (χ1) is 9.78. The second-order valence-corrected chi connectivity index (χ2v) is 6.81. The molecule has 1 heterocycles. The van der Waals surface area contributed by atoms with E-state index in [1.807, 2.05) is 13.8 Å². The van der Waals surface area contributed by atoms with Gasteiger partial charge in [-0.3, -0.25) is 4.72 Å². The molecular weight excluding hydrogens is 314 g/mol. The second kappa shape index (κ2) is 5.95. The quantitative estimate of drug-likeness (QED) is 0.883.